The largest absolute Gasteiger partial charge is 0.380 e. The summed E-state index contributed by atoms with van der Waals surface area (Å²) in [5.74, 6) is -0.654. The molecule has 2 N–H and O–H groups in total. The number of nitro benzene ring substituents is 1. The van der Waals surface area contributed by atoms with Crippen LogP contribution in [0.15, 0.2) is 22.7 Å². The maximum Gasteiger partial charge on any atom is 0.285 e. The van der Waals surface area contributed by atoms with Crippen molar-refractivity contribution in [2.75, 3.05) is 13.2 Å². The molecular weight excluding hydrogens is 283 g/mol. The second kappa shape index (κ2) is 6.37. The van der Waals surface area contributed by atoms with Crippen LogP contribution in [0.25, 0.3) is 11.5 Å². The van der Waals surface area contributed by atoms with Crippen molar-refractivity contribution in [3.8, 4) is 11.5 Å². The minimum Gasteiger partial charge on any atom is -0.380 e. The maximum absolute atomic E-state index is 13.1. The molecule has 0 spiro atoms. The molecule has 0 aliphatic heterocycles. The van der Waals surface area contributed by atoms with Gasteiger partial charge in [-0.15, -0.1) is 0 Å². The molecule has 1 heterocycles. The molecule has 0 radical (unpaired) electrons. The summed E-state index contributed by atoms with van der Waals surface area (Å²) >= 11 is 0. The molecule has 0 aliphatic carbocycles. The second-order valence-electron chi connectivity index (χ2n) is 4.14. The van der Waals surface area contributed by atoms with Crippen molar-refractivity contribution < 1.29 is 18.6 Å². The number of nitrogens with zero attached hydrogens (tertiary/aromatic N) is 3. The quantitative estimate of drug-likeness (QED) is 0.638. The highest BCUT2D eigenvalue weighted by Gasteiger charge is 2.23. The first-order valence-corrected chi connectivity index (χ1v) is 6.14. The summed E-state index contributed by atoms with van der Waals surface area (Å²) in [4.78, 5) is 14.2. The SMILES string of the molecule is CCOCC(N)c1noc(-c2ccc(F)cc2[N+](=O)[O-])n1. The maximum atomic E-state index is 13.1. The van der Waals surface area contributed by atoms with Crippen molar-refractivity contribution in [3.05, 3.63) is 40.0 Å². The Labute approximate surface area is 118 Å². The van der Waals surface area contributed by atoms with Crippen LogP contribution in [0.2, 0.25) is 0 Å². The highest BCUT2D eigenvalue weighted by molar-refractivity contribution is 5.66. The van der Waals surface area contributed by atoms with Crippen molar-refractivity contribution in [1.29, 1.82) is 0 Å². The number of halogens is 1. The van der Waals surface area contributed by atoms with Gasteiger partial charge >= 0.3 is 0 Å². The smallest absolute Gasteiger partial charge is 0.285 e. The number of nitrogens with two attached hydrogens (primary N) is 1. The minimum absolute atomic E-state index is 0.0313. The second-order valence-corrected chi connectivity index (χ2v) is 4.14. The van der Waals surface area contributed by atoms with E-state index in [4.69, 9.17) is 15.0 Å². The number of nitro groups is 1. The zero-order valence-electron chi connectivity index (χ0n) is 11.2. The Balaban J connectivity index is 2.31. The van der Waals surface area contributed by atoms with Gasteiger partial charge in [-0.1, -0.05) is 5.16 Å². The Bertz CT molecular complexity index is 646. The summed E-state index contributed by atoms with van der Waals surface area (Å²) in [5, 5.41) is 14.6. The highest BCUT2D eigenvalue weighted by Crippen LogP contribution is 2.29. The molecule has 1 atom stereocenters. The fourth-order valence-electron chi connectivity index (χ4n) is 1.65. The van der Waals surface area contributed by atoms with Crippen LogP contribution in [0.5, 0.6) is 0 Å². The van der Waals surface area contributed by atoms with Gasteiger partial charge in [-0.05, 0) is 19.1 Å². The van der Waals surface area contributed by atoms with Crippen LogP contribution >= 0.6 is 0 Å². The Morgan fingerprint density at radius 2 is 2.33 bits per heavy atom. The van der Waals surface area contributed by atoms with Crippen molar-refractivity contribution in [2.45, 2.75) is 13.0 Å². The van der Waals surface area contributed by atoms with Crippen molar-refractivity contribution in [1.82, 2.24) is 10.1 Å². The zero-order valence-corrected chi connectivity index (χ0v) is 11.2. The van der Waals surface area contributed by atoms with E-state index in [-0.39, 0.29) is 23.9 Å². The lowest BCUT2D eigenvalue weighted by Gasteiger charge is -2.05. The molecule has 8 nitrogen and oxygen atoms in total. The molecule has 0 fully saturated rings. The van der Waals surface area contributed by atoms with Crippen LogP contribution < -0.4 is 5.73 Å². The number of rotatable bonds is 6. The van der Waals surface area contributed by atoms with Gasteiger partial charge in [-0.3, -0.25) is 10.1 Å². The van der Waals surface area contributed by atoms with Gasteiger partial charge in [0.15, 0.2) is 5.82 Å². The number of benzene rings is 1. The predicted octanol–water partition coefficient (Wildman–Crippen LogP) is 1.82. The number of ether oxygens (including phenoxy) is 1. The normalized spacial score (nSPS) is 12.3. The van der Waals surface area contributed by atoms with E-state index in [1.165, 1.54) is 6.07 Å². The van der Waals surface area contributed by atoms with E-state index in [0.29, 0.717) is 6.61 Å². The number of hydrogen-bond donors (Lipinski definition) is 1. The van der Waals surface area contributed by atoms with E-state index >= 15 is 0 Å². The highest BCUT2D eigenvalue weighted by atomic mass is 19.1. The third-order valence-corrected chi connectivity index (χ3v) is 2.66. The molecule has 112 valence electrons. The van der Waals surface area contributed by atoms with E-state index < -0.39 is 22.5 Å². The Kier molecular flexibility index (Phi) is 4.55. The molecule has 0 amide bonds. The van der Waals surface area contributed by atoms with Gasteiger partial charge in [0.05, 0.1) is 23.6 Å². The standard InChI is InChI=1S/C12H13FN4O4/c1-2-20-6-9(14)11-15-12(21-16-11)8-4-3-7(13)5-10(8)17(18)19/h3-5,9H,2,6,14H2,1H3. The fraction of sp³-hybridized carbons (Fsp3) is 0.333. The van der Waals surface area contributed by atoms with Crippen LogP contribution in [-0.4, -0.2) is 28.3 Å². The summed E-state index contributed by atoms with van der Waals surface area (Å²) in [5.41, 5.74) is 5.37. The lowest BCUT2D eigenvalue weighted by Crippen LogP contribution is -2.18. The van der Waals surface area contributed by atoms with Gasteiger partial charge in [0.2, 0.25) is 0 Å². The van der Waals surface area contributed by atoms with Gasteiger partial charge in [0, 0.05) is 6.61 Å². The first kappa shape index (κ1) is 15.0. The van der Waals surface area contributed by atoms with Crippen LogP contribution in [-0.2, 0) is 4.74 Å². The van der Waals surface area contributed by atoms with Gasteiger partial charge in [-0.25, -0.2) is 4.39 Å². The third-order valence-electron chi connectivity index (χ3n) is 2.66. The van der Waals surface area contributed by atoms with E-state index in [1.807, 2.05) is 6.92 Å². The zero-order chi connectivity index (χ0) is 15.4. The van der Waals surface area contributed by atoms with Crippen molar-refractivity contribution in [2.24, 2.45) is 5.73 Å². The van der Waals surface area contributed by atoms with Gasteiger partial charge < -0.3 is 15.0 Å². The van der Waals surface area contributed by atoms with Crippen LogP contribution in [0.1, 0.15) is 18.8 Å². The van der Waals surface area contributed by atoms with E-state index in [2.05, 4.69) is 10.1 Å². The lowest BCUT2D eigenvalue weighted by atomic mass is 10.1. The fourth-order valence-corrected chi connectivity index (χ4v) is 1.65. The summed E-state index contributed by atoms with van der Waals surface area (Å²) in [6, 6.07) is 2.46. The summed E-state index contributed by atoms with van der Waals surface area (Å²) < 4.78 is 23.2. The molecule has 1 unspecified atom stereocenters. The first-order valence-electron chi connectivity index (χ1n) is 6.14. The molecule has 0 saturated heterocycles. The molecular formula is C12H13FN4O4. The number of aromatic nitrogens is 2. The van der Waals surface area contributed by atoms with Crippen molar-refractivity contribution in [3.63, 3.8) is 0 Å². The molecule has 9 heteroatoms. The Morgan fingerprint density at radius 1 is 1.57 bits per heavy atom. The summed E-state index contributed by atoms with van der Waals surface area (Å²) in [6.45, 7) is 2.50. The Hall–Kier alpha value is -2.39. The molecule has 0 aliphatic rings. The first-order chi connectivity index (χ1) is 10.0. The lowest BCUT2D eigenvalue weighted by molar-refractivity contribution is -0.384. The van der Waals surface area contributed by atoms with Crippen LogP contribution in [0, 0.1) is 15.9 Å². The monoisotopic (exact) mass is 296 g/mol. The average molecular weight is 296 g/mol. The van der Waals surface area contributed by atoms with E-state index in [9.17, 15) is 14.5 Å². The van der Waals surface area contributed by atoms with E-state index in [1.54, 1.807) is 0 Å². The molecule has 0 bridgehead atoms. The van der Waals surface area contributed by atoms with E-state index in [0.717, 1.165) is 12.1 Å². The molecule has 0 saturated carbocycles. The summed E-state index contributed by atoms with van der Waals surface area (Å²) in [7, 11) is 0. The average Bonchev–Trinajstić information content (AvgIpc) is 2.94. The molecule has 2 aromatic rings. The van der Waals surface area contributed by atoms with Gasteiger partial charge in [0.1, 0.15) is 11.4 Å². The number of hydrogen-bond acceptors (Lipinski definition) is 7. The van der Waals surface area contributed by atoms with Gasteiger partial charge in [-0.2, -0.15) is 4.98 Å². The summed E-state index contributed by atoms with van der Waals surface area (Å²) in [6.07, 6.45) is 0. The predicted molar refractivity (Wildman–Crippen MR) is 69.8 cm³/mol. The van der Waals surface area contributed by atoms with Crippen LogP contribution in [0.3, 0.4) is 0 Å². The molecule has 21 heavy (non-hydrogen) atoms. The van der Waals surface area contributed by atoms with Gasteiger partial charge in [0.25, 0.3) is 11.6 Å². The molecule has 1 aromatic carbocycles. The topological polar surface area (TPSA) is 117 Å². The third kappa shape index (κ3) is 3.38. The minimum atomic E-state index is -0.724. The Morgan fingerprint density at radius 3 is 3.00 bits per heavy atom. The van der Waals surface area contributed by atoms with Crippen LogP contribution in [0.4, 0.5) is 10.1 Å². The van der Waals surface area contributed by atoms with Crippen molar-refractivity contribution >= 4 is 5.69 Å². The molecule has 2 rings (SSSR count). The molecule has 1 aromatic heterocycles.